The number of hydrogen-bond acceptors (Lipinski definition) is 7. The summed E-state index contributed by atoms with van der Waals surface area (Å²) in [5.41, 5.74) is 0.477. The van der Waals surface area contributed by atoms with E-state index in [4.69, 9.17) is 18.9 Å². The number of hydrogen-bond donors (Lipinski definition) is 1. The number of carbonyl (C=O) groups excluding carboxylic acids is 3. The summed E-state index contributed by atoms with van der Waals surface area (Å²) in [6.07, 6.45) is -2.41. The van der Waals surface area contributed by atoms with Gasteiger partial charge in [0.2, 0.25) is 5.91 Å². The zero-order valence-electron chi connectivity index (χ0n) is 19.7. The van der Waals surface area contributed by atoms with Crippen molar-refractivity contribution >= 4 is 29.5 Å². The van der Waals surface area contributed by atoms with Crippen LogP contribution in [0.4, 0.5) is 29.7 Å². The molecule has 2 atom stereocenters. The Morgan fingerprint density at radius 3 is 2.00 bits per heavy atom. The first kappa shape index (κ1) is 25.3. The fourth-order valence-electron chi connectivity index (χ4n) is 3.96. The summed E-state index contributed by atoms with van der Waals surface area (Å²) >= 11 is 0. The number of rotatable bonds is 9. The second-order valence-electron chi connectivity index (χ2n) is 8.28. The van der Waals surface area contributed by atoms with Crippen molar-refractivity contribution in [1.29, 1.82) is 0 Å². The van der Waals surface area contributed by atoms with Gasteiger partial charge in [0, 0.05) is 25.2 Å². The van der Waals surface area contributed by atoms with E-state index in [1.807, 2.05) is 0 Å². The molecule has 1 unspecified atom stereocenters. The van der Waals surface area contributed by atoms with Crippen LogP contribution in [0.15, 0.2) is 36.4 Å². The molecule has 192 valence electrons. The van der Waals surface area contributed by atoms with Crippen LogP contribution in [-0.2, 0) is 23.7 Å². The molecule has 12 heteroatoms. The number of anilines is 2. The van der Waals surface area contributed by atoms with Gasteiger partial charge in [0.05, 0.1) is 37.6 Å². The predicted octanol–water partition coefficient (Wildman–Crippen LogP) is 3.04. The van der Waals surface area contributed by atoms with Crippen molar-refractivity contribution in [2.45, 2.75) is 19.1 Å². The van der Waals surface area contributed by atoms with Gasteiger partial charge < -0.3 is 24.3 Å². The Balaban J connectivity index is 1.46. The Morgan fingerprint density at radius 2 is 1.50 bits per heavy atom. The van der Waals surface area contributed by atoms with E-state index in [0.29, 0.717) is 0 Å². The van der Waals surface area contributed by atoms with Crippen LogP contribution in [0.1, 0.15) is 6.92 Å². The van der Waals surface area contributed by atoms with Crippen LogP contribution in [0.2, 0.25) is 0 Å². The Morgan fingerprint density at radius 1 is 0.972 bits per heavy atom. The lowest BCUT2D eigenvalue weighted by Gasteiger charge is -2.16. The molecule has 2 aromatic rings. The lowest BCUT2D eigenvalue weighted by molar-refractivity contribution is -0.119. The maximum Gasteiger partial charge on any atom is 0.414 e. The molecule has 0 bridgehead atoms. The molecule has 2 aromatic carbocycles. The van der Waals surface area contributed by atoms with Crippen LogP contribution in [-0.4, -0.2) is 70.4 Å². The second-order valence-corrected chi connectivity index (χ2v) is 8.28. The lowest BCUT2D eigenvalue weighted by Crippen LogP contribution is -2.33. The minimum Gasteiger partial charge on any atom is -0.442 e. The first-order chi connectivity index (χ1) is 17.3. The van der Waals surface area contributed by atoms with Gasteiger partial charge in [-0.1, -0.05) is 0 Å². The molecular weight excluding hydrogens is 480 g/mol. The van der Waals surface area contributed by atoms with Crippen molar-refractivity contribution in [2.75, 3.05) is 49.9 Å². The van der Waals surface area contributed by atoms with Gasteiger partial charge in [-0.3, -0.25) is 14.6 Å². The summed E-state index contributed by atoms with van der Waals surface area (Å²) in [4.78, 5) is 38.0. The molecule has 0 radical (unpaired) electrons. The largest absolute Gasteiger partial charge is 0.442 e. The van der Waals surface area contributed by atoms with Gasteiger partial charge in [-0.25, -0.2) is 18.4 Å². The molecular formula is C24H25F2N3O7. The van der Waals surface area contributed by atoms with Gasteiger partial charge in [-0.2, -0.15) is 0 Å². The molecule has 0 saturated carbocycles. The lowest BCUT2D eigenvalue weighted by atomic mass is 10.0. The summed E-state index contributed by atoms with van der Waals surface area (Å²) in [5.74, 6) is -1.74. The Hall–Kier alpha value is -3.77. The Bertz CT molecular complexity index is 1160. The summed E-state index contributed by atoms with van der Waals surface area (Å²) in [6.45, 7) is 1.97. The highest BCUT2D eigenvalue weighted by Gasteiger charge is 2.34. The summed E-state index contributed by atoms with van der Waals surface area (Å²) < 4.78 is 50.4. The Kier molecular flexibility index (Phi) is 7.65. The predicted molar refractivity (Wildman–Crippen MR) is 124 cm³/mol. The highest BCUT2D eigenvalue weighted by molar-refractivity contribution is 5.91. The highest BCUT2D eigenvalue weighted by atomic mass is 19.1. The molecule has 3 amide bonds. The maximum absolute atomic E-state index is 15.0. The van der Waals surface area contributed by atoms with E-state index in [0.717, 1.165) is 12.1 Å². The Labute approximate surface area is 205 Å². The van der Waals surface area contributed by atoms with Gasteiger partial charge >= 0.3 is 12.2 Å². The number of nitrogens with one attached hydrogen (secondary N) is 1. The third-order valence-corrected chi connectivity index (χ3v) is 5.65. The maximum atomic E-state index is 15.0. The van der Waals surface area contributed by atoms with E-state index in [1.165, 1.54) is 48.1 Å². The molecule has 0 aromatic heterocycles. The van der Waals surface area contributed by atoms with Crippen LogP contribution in [0.3, 0.4) is 0 Å². The molecule has 1 N–H and O–H groups in total. The third-order valence-electron chi connectivity index (χ3n) is 5.65. The monoisotopic (exact) mass is 505 g/mol. The number of ether oxygens (including phenoxy) is 4. The van der Waals surface area contributed by atoms with Gasteiger partial charge in [0.25, 0.3) is 0 Å². The topological polar surface area (TPSA) is 107 Å². The van der Waals surface area contributed by atoms with Gasteiger partial charge in [0.15, 0.2) is 0 Å². The minimum absolute atomic E-state index is 0.0112. The zero-order valence-corrected chi connectivity index (χ0v) is 19.7. The van der Waals surface area contributed by atoms with E-state index in [1.54, 1.807) is 0 Å². The summed E-state index contributed by atoms with van der Waals surface area (Å²) in [5, 5.41) is 2.57. The minimum atomic E-state index is -0.742. The molecule has 2 saturated heterocycles. The van der Waals surface area contributed by atoms with Crippen molar-refractivity contribution in [3.8, 4) is 11.1 Å². The standard InChI is InChI=1S/C24H25F2N3O7/c1-14(30)27-9-17-10-28(23(31)35-17)15-3-5-19(21(25)7-15)20-6-4-16(8-22(20)26)29-11-18(36-24(29)32)12-34-13-33-2/h3-8,17-18H,9-13H2,1-2H3,(H,27,30)/t17-,18?/m0/s1. The van der Waals surface area contributed by atoms with E-state index < -0.39 is 36.0 Å². The van der Waals surface area contributed by atoms with E-state index in [2.05, 4.69) is 5.32 Å². The summed E-state index contributed by atoms with van der Waals surface area (Å²) in [6, 6.07) is 7.97. The molecule has 0 aliphatic carbocycles. The van der Waals surface area contributed by atoms with Crippen LogP contribution < -0.4 is 15.1 Å². The number of halogens is 2. The van der Waals surface area contributed by atoms with Crippen LogP contribution >= 0.6 is 0 Å². The first-order valence-corrected chi connectivity index (χ1v) is 11.1. The number of amides is 3. The smallest absolute Gasteiger partial charge is 0.414 e. The average molecular weight is 505 g/mol. The van der Waals surface area contributed by atoms with Crippen LogP contribution in [0.25, 0.3) is 11.1 Å². The zero-order chi connectivity index (χ0) is 25.8. The van der Waals surface area contributed by atoms with Crippen LogP contribution in [0, 0.1) is 11.6 Å². The molecule has 36 heavy (non-hydrogen) atoms. The van der Waals surface area contributed by atoms with Crippen molar-refractivity contribution in [1.82, 2.24) is 5.32 Å². The number of nitrogens with zero attached hydrogens (tertiary/aromatic N) is 2. The van der Waals surface area contributed by atoms with Crippen molar-refractivity contribution in [3.63, 3.8) is 0 Å². The molecule has 10 nitrogen and oxygen atoms in total. The second kappa shape index (κ2) is 10.9. The van der Waals surface area contributed by atoms with E-state index in [9.17, 15) is 18.8 Å². The molecule has 2 aliphatic rings. The molecule has 2 aliphatic heterocycles. The van der Waals surface area contributed by atoms with Gasteiger partial charge in [-0.15, -0.1) is 0 Å². The molecule has 2 fully saturated rings. The fourth-order valence-corrected chi connectivity index (χ4v) is 3.96. The van der Waals surface area contributed by atoms with Crippen molar-refractivity contribution in [2.24, 2.45) is 0 Å². The molecule has 2 heterocycles. The van der Waals surface area contributed by atoms with Crippen LogP contribution in [0.5, 0.6) is 0 Å². The SMILES string of the molecule is COCOCC1CN(c2ccc(-c3ccc(N4C[C@H](CNC(C)=O)OC4=O)cc3F)c(F)c2)C(=O)O1. The summed E-state index contributed by atoms with van der Waals surface area (Å²) in [7, 11) is 1.47. The number of carbonyl (C=O) groups is 3. The van der Waals surface area contributed by atoms with Crippen molar-refractivity contribution < 1.29 is 42.1 Å². The first-order valence-electron chi connectivity index (χ1n) is 11.1. The number of cyclic esters (lactones) is 2. The van der Waals surface area contributed by atoms with E-state index >= 15 is 4.39 Å². The number of methoxy groups -OCH3 is 1. The quantitative estimate of drug-likeness (QED) is 0.412. The normalized spacial score (nSPS) is 19.4. The number of benzene rings is 2. The average Bonchev–Trinajstić information content (AvgIpc) is 3.40. The fraction of sp³-hybridized carbons (Fsp3) is 0.375. The highest BCUT2D eigenvalue weighted by Crippen LogP contribution is 2.33. The third kappa shape index (κ3) is 5.55. The van der Waals surface area contributed by atoms with E-state index in [-0.39, 0.29) is 61.4 Å². The van der Waals surface area contributed by atoms with Crippen molar-refractivity contribution in [3.05, 3.63) is 48.0 Å². The van der Waals surface area contributed by atoms with Gasteiger partial charge in [0.1, 0.15) is 30.6 Å². The molecule has 4 rings (SSSR count). The molecule has 0 spiro atoms. The van der Waals surface area contributed by atoms with Gasteiger partial charge in [-0.05, 0) is 36.4 Å².